The van der Waals surface area contributed by atoms with Crippen LogP contribution in [0, 0.1) is 0 Å². The van der Waals surface area contributed by atoms with Crippen molar-refractivity contribution in [2.75, 3.05) is 11.9 Å². The molecule has 1 aliphatic rings. The predicted molar refractivity (Wildman–Crippen MR) is 95.1 cm³/mol. The smallest absolute Gasteiger partial charge is 0.0440 e. The van der Waals surface area contributed by atoms with Crippen LogP contribution in [0.3, 0.4) is 0 Å². The third-order valence-corrected chi connectivity index (χ3v) is 5.35. The highest BCUT2D eigenvalue weighted by molar-refractivity contribution is 9.10. The Bertz CT molecular complexity index is 593. The van der Waals surface area contributed by atoms with E-state index < -0.39 is 0 Å². The summed E-state index contributed by atoms with van der Waals surface area (Å²) in [6.07, 6.45) is 2.62. The van der Waals surface area contributed by atoms with Gasteiger partial charge in [0.1, 0.15) is 0 Å². The van der Waals surface area contributed by atoms with Crippen LogP contribution < -0.4 is 10.2 Å². The number of hydrogen-bond acceptors (Lipinski definition) is 3. The van der Waals surface area contributed by atoms with Crippen LogP contribution in [0.4, 0.5) is 5.69 Å². The lowest BCUT2D eigenvalue weighted by Crippen LogP contribution is -2.27. The summed E-state index contributed by atoms with van der Waals surface area (Å²) in [6.45, 7) is 3.23. The molecular weight excluding hydrogens is 344 g/mol. The summed E-state index contributed by atoms with van der Waals surface area (Å²) in [5.74, 6) is 0. The Morgan fingerprint density at radius 1 is 1.38 bits per heavy atom. The van der Waals surface area contributed by atoms with Crippen LogP contribution >= 0.6 is 27.3 Å². The van der Waals surface area contributed by atoms with Crippen LogP contribution in [0.2, 0.25) is 0 Å². The van der Waals surface area contributed by atoms with Crippen molar-refractivity contribution < 1.29 is 0 Å². The number of anilines is 1. The van der Waals surface area contributed by atoms with E-state index in [4.69, 9.17) is 0 Å². The van der Waals surface area contributed by atoms with Crippen molar-refractivity contribution in [3.63, 3.8) is 0 Å². The molecule has 0 aliphatic heterocycles. The molecule has 1 atom stereocenters. The van der Waals surface area contributed by atoms with Crippen LogP contribution in [-0.2, 0) is 6.54 Å². The molecule has 4 heteroatoms. The van der Waals surface area contributed by atoms with E-state index in [0.29, 0.717) is 12.1 Å². The second kappa shape index (κ2) is 6.51. The molecule has 0 saturated heterocycles. The first-order valence-electron chi connectivity index (χ1n) is 7.43. The molecule has 1 saturated carbocycles. The molecular formula is C17H21BrN2S. The summed E-state index contributed by atoms with van der Waals surface area (Å²) in [5, 5.41) is 7.80. The van der Waals surface area contributed by atoms with E-state index in [2.05, 4.69) is 68.1 Å². The Morgan fingerprint density at radius 2 is 2.19 bits per heavy atom. The van der Waals surface area contributed by atoms with Crippen molar-refractivity contribution in [1.82, 2.24) is 5.32 Å². The number of halogens is 1. The van der Waals surface area contributed by atoms with Gasteiger partial charge in [-0.3, -0.25) is 0 Å². The van der Waals surface area contributed by atoms with Crippen molar-refractivity contribution in [1.29, 1.82) is 0 Å². The van der Waals surface area contributed by atoms with E-state index in [0.717, 1.165) is 11.0 Å². The van der Waals surface area contributed by atoms with E-state index in [1.54, 1.807) is 11.3 Å². The molecule has 112 valence electrons. The Hall–Kier alpha value is -0.840. The normalized spacial score (nSPS) is 16.0. The van der Waals surface area contributed by atoms with Gasteiger partial charge in [0.05, 0.1) is 0 Å². The Morgan fingerprint density at radius 3 is 2.81 bits per heavy atom. The highest BCUT2D eigenvalue weighted by atomic mass is 79.9. The molecule has 0 amide bonds. The molecule has 0 bridgehead atoms. The maximum atomic E-state index is 3.64. The second-order valence-corrected chi connectivity index (χ2v) is 7.40. The third-order valence-electron chi connectivity index (χ3n) is 4.12. The summed E-state index contributed by atoms with van der Waals surface area (Å²) < 4.78 is 1.15. The van der Waals surface area contributed by atoms with Gasteiger partial charge in [-0.2, -0.15) is 11.3 Å². The fraction of sp³-hybridized carbons (Fsp3) is 0.412. The summed E-state index contributed by atoms with van der Waals surface area (Å²) >= 11 is 5.42. The van der Waals surface area contributed by atoms with Gasteiger partial charge < -0.3 is 10.2 Å². The third kappa shape index (κ3) is 3.50. The molecule has 2 nitrogen and oxygen atoms in total. The second-order valence-electron chi connectivity index (χ2n) is 5.70. The van der Waals surface area contributed by atoms with Crippen molar-refractivity contribution in [3.05, 3.63) is 50.6 Å². The first-order valence-corrected chi connectivity index (χ1v) is 9.17. The minimum atomic E-state index is 0.358. The van der Waals surface area contributed by atoms with Crippen molar-refractivity contribution in [3.8, 4) is 0 Å². The van der Waals surface area contributed by atoms with Gasteiger partial charge in [0, 0.05) is 28.8 Å². The summed E-state index contributed by atoms with van der Waals surface area (Å²) in [7, 11) is 2.02. The monoisotopic (exact) mass is 364 g/mol. The maximum Gasteiger partial charge on any atom is 0.0440 e. The molecule has 0 radical (unpaired) electrons. The predicted octanol–water partition coefficient (Wildman–Crippen LogP) is 4.96. The average Bonchev–Trinajstić information content (AvgIpc) is 3.20. The zero-order chi connectivity index (χ0) is 14.8. The lowest BCUT2D eigenvalue weighted by molar-refractivity contribution is 0.645. The molecule has 1 unspecified atom stereocenters. The minimum Gasteiger partial charge on any atom is -0.364 e. The SMILES string of the molecule is CNC(C)c1ccc(Br)cc1N(Cc1ccsc1)C1CC1. The van der Waals surface area contributed by atoms with Gasteiger partial charge in [-0.25, -0.2) is 0 Å². The van der Waals surface area contributed by atoms with Crippen LogP contribution in [-0.4, -0.2) is 13.1 Å². The van der Waals surface area contributed by atoms with Gasteiger partial charge in [-0.05, 0) is 66.9 Å². The molecule has 21 heavy (non-hydrogen) atoms. The molecule has 3 rings (SSSR count). The highest BCUT2D eigenvalue weighted by Gasteiger charge is 2.31. The first-order chi connectivity index (χ1) is 10.2. The Labute approximate surface area is 139 Å². The number of nitrogens with one attached hydrogen (secondary N) is 1. The van der Waals surface area contributed by atoms with E-state index >= 15 is 0 Å². The fourth-order valence-corrected chi connectivity index (χ4v) is 3.67. The Kier molecular flexibility index (Phi) is 4.67. The van der Waals surface area contributed by atoms with Gasteiger partial charge in [-0.15, -0.1) is 0 Å². The number of nitrogens with zero attached hydrogens (tertiary/aromatic N) is 1. The van der Waals surface area contributed by atoms with Gasteiger partial charge in [0.15, 0.2) is 0 Å². The number of benzene rings is 1. The van der Waals surface area contributed by atoms with Gasteiger partial charge in [0.25, 0.3) is 0 Å². The van der Waals surface area contributed by atoms with Crippen LogP contribution in [0.15, 0.2) is 39.5 Å². The molecule has 1 aromatic carbocycles. The summed E-state index contributed by atoms with van der Waals surface area (Å²) in [5.41, 5.74) is 4.15. The zero-order valence-corrected chi connectivity index (χ0v) is 14.9. The molecule has 1 aromatic heterocycles. The fourth-order valence-electron chi connectivity index (χ4n) is 2.66. The average molecular weight is 365 g/mol. The Balaban J connectivity index is 1.96. The van der Waals surface area contributed by atoms with Crippen LogP contribution in [0.25, 0.3) is 0 Å². The summed E-state index contributed by atoms with van der Waals surface area (Å²) in [6, 6.07) is 9.94. The molecule has 1 fully saturated rings. The summed E-state index contributed by atoms with van der Waals surface area (Å²) in [4.78, 5) is 2.58. The topological polar surface area (TPSA) is 15.3 Å². The number of rotatable bonds is 6. The molecule has 1 heterocycles. The minimum absolute atomic E-state index is 0.358. The maximum absolute atomic E-state index is 3.64. The van der Waals surface area contributed by atoms with Gasteiger partial charge in [0.2, 0.25) is 0 Å². The van der Waals surface area contributed by atoms with Crippen molar-refractivity contribution >= 4 is 33.0 Å². The van der Waals surface area contributed by atoms with Crippen molar-refractivity contribution in [2.45, 2.75) is 38.4 Å². The largest absolute Gasteiger partial charge is 0.364 e. The molecule has 0 spiro atoms. The van der Waals surface area contributed by atoms with E-state index in [1.807, 2.05) is 7.05 Å². The van der Waals surface area contributed by atoms with Gasteiger partial charge >= 0.3 is 0 Å². The zero-order valence-electron chi connectivity index (χ0n) is 12.5. The lowest BCUT2D eigenvalue weighted by atomic mass is 10.0. The van der Waals surface area contributed by atoms with Crippen molar-refractivity contribution in [2.24, 2.45) is 0 Å². The van der Waals surface area contributed by atoms with E-state index in [1.165, 1.54) is 29.7 Å². The number of hydrogen-bond donors (Lipinski definition) is 1. The highest BCUT2D eigenvalue weighted by Crippen LogP contribution is 2.38. The van der Waals surface area contributed by atoms with E-state index in [9.17, 15) is 0 Å². The van der Waals surface area contributed by atoms with E-state index in [-0.39, 0.29) is 0 Å². The quantitative estimate of drug-likeness (QED) is 0.778. The standard InChI is InChI=1S/C17H21BrN2S/c1-12(19-2)16-6-3-14(18)9-17(16)20(15-4-5-15)10-13-7-8-21-11-13/h3,6-9,11-12,15,19H,4-5,10H2,1-2H3. The molecule has 2 aromatic rings. The van der Waals surface area contributed by atoms with Crippen LogP contribution in [0.1, 0.15) is 36.9 Å². The van der Waals surface area contributed by atoms with Crippen LogP contribution in [0.5, 0.6) is 0 Å². The number of thiophene rings is 1. The molecule has 1 aliphatic carbocycles. The van der Waals surface area contributed by atoms with Gasteiger partial charge in [-0.1, -0.05) is 22.0 Å². The first kappa shape index (κ1) is 15.1. The molecule has 1 N–H and O–H groups in total. The lowest BCUT2D eigenvalue weighted by Gasteiger charge is -2.29.